The van der Waals surface area contributed by atoms with Gasteiger partial charge in [-0.3, -0.25) is 0 Å². The molecule has 1 aromatic carbocycles. The van der Waals surface area contributed by atoms with E-state index in [4.69, 9.17) is 0 Å². The van der Waals surface area contributed by atoms with E-state index >= 15 is 0 Å². The molecule has 0 saturated carbocycles. The van der Waals surface area contributed by atoms with Crippen LogP contribution < -0.4 is 5.32 Å². The molecule has 0 aliphatic carbocycles. The van der Waals surface area contributed by atoms with Crippen LogP contribution in [0.15, 0.2) is 18.2 Å². The summed E-state index contributed by atoms with van der Waals surface area (Å²) in [6, 6.07) is 6.40. The van der Waals surface area contributed by atoms with E-state index in [1.54, 1.807) is 0 Å². The molecule has 1 nitrogen and oxygen atoms in total. The lowest BCUT2D eigenvalue weighted by Crippen LogP contribution is -1.90. The molecule has 0 amide bonds. The second-order valence-corrected chi connectivity index (χ2v) is 4.08. The lowest BCUT2D eigenvalue weighted by Gasteiger charge is -1.98. The maximum atomic E-state index is 3.36. The number of benzene rings is 1. The van der Waals surface area contributed by atoms with E-state index in [9.17, 15) is 0 Å². The SMILES string of the molecule is BrCCC#Cc1ccc2c(c1)CCN2. The molecular weight excluding hydrogens is 238 g/mol. The molecule has 2 rings (SSSR count). The minimum Gasteiger partial charge on any atom is -0.384 e. The van der Waals surface area contributed by atoms with Crippen LogP contribution in [0.4, 0.5) is 5.69 Å². The van der Waals surface area contributed by atoms with Crippen LogP contribution in [0.5, 0.6) is 0 Å². The summed E-state index contributed by atoms with van der Waals surface area (Å²) in [6.07, 6.45) is 2.04. The summed E-state index contributed by atoms with van der Waals surface area (Å²) >= 11 is 3.36. The predicted molar refractivity (Wildman–Crippen MR) is 63.9 cm³/mol. The lowest BCUT2D eigenvalue weighted by molar-refractivity contribution is 1.11. The highest BCUT2D eigenvalue weighted by molar-refractivity contribution is 9.09. The number of fused-ring (bicyclic) bond motifs is 1. The molecule has 0 aromatic heterocycles. The van der Waals surface area contributed by atoms with Gasteiger partial charge in [-0.1, -0.05) is 27.8 Å². The minimum atomic E-state index is 0.912. The van der Waals surface area contributed by atoms with Crippen LogP contribution >= 0.6 is 15.9 Å². The molecule has 0 radical (unpaired) electrons. The van der Waals surface area contributed by atoms with Crippen molar-refractivity contribution >= 4 is 21.6 Å². The van der Waals surface area contributed by atoms with E-state index in [2.05, 4.69) is 51.3 Å². The number of anilines is 1. The van der Waals surface area contributed by atoms with Gasteiger partial charge in [0, 0.05) is 29.5 Å². The highest BCUT2D eigenvalue weighted by Gasteiger charge is 2.08. The first-order chi connectivity index (χ1) is 6.90. The monoisotopic (exact) mass is 249 g/mol. The topological polar surface area (TPSA) is 12.0 Å². The van der Waals surface area contributed by atoms with E-state index in [1.807, 2.05) is 0 Å². The van der Waals surface area contributed by atoms with Gasteiger partial charge in [0.05, 0.1) is 0 Å². The number of alkyl halides is 1. The van der Waals surface area contributed by atoms with Crippen LogP contribution in [-0.2, 0) is 6.42 Å². The van der Waals surface area contributed by atoms with Crippen molar-refractivity contribution in [2.24, 2.45) is 0 Å². The van der Waals surface area contributed by atoms with Crippen LogP contribution in [0.2, 0.25) is 0 Å². The first-order valence-corrected chi connectivity index (χ1v) is 5.94. The van der Waals surface area contributed by atoms with Crippen LogP contribution in [0.1, 0.15) is 17.5 Å². The lowest BCUT2D eigenvalue weighted by atomic mass is 10.1. The van der Waals surface area contributed by atoms with Gasteiger partial charge >= 0.3 is 0 Å². The molecular formula is C12H12BrN. The molecule has 0 unspecified atom stereocenters. The van der Waals surface area contributed by atoms with Crippen LogP contribution in [0.3, 0.4) is 0 Å². The minimum absolute atomic E-state index is 0.912. The zero-order valence-electron chi connectivity index (χ0n) is 7.94. The Hall–Kier alpha value is -0.940. The third kappa shape index (κ3) is 2.10. The fourth-order valence-corrected chi connectivity index (χ4v) is 1.79. The summed E-state index contributed by atoms with van der Waals surface area (Å²) in [5.41, 5.74) is 3.81. The van der Waals surface area contributed by atoms with Crippen molar-refractivity contribution in [1.82, 2.24) is 0 Å². The number of hydrogen-bond donors (Lipinski definition) is 1. The summed E-state index contributed by atoms with van der Waals surface area (Å²) in [5.74, 6) is 6.29. The third-order valence-electron chi connectivity index (χ3n) is 2.27. The Kier molecular flexibility index (Phi) is 3.10. The Bertz CT molecular complexity index is 387. The van der Waals surface area contributed by atoms with Crippen molar-refractivity contribution < 1.29 is 0 Å². The van der Waals surface area contributed by atoms with Gasteiger partial charge in [-0.25, -0.2) is 0 Å². The van der Waals surface area contributed by atoms with Crippen molar-refractivity contribution in [3.05, 3.63) is 29.3 Å². The molecule has 1 aromatic rings. The number of rotatable bonds is 1. The zero-order chi connectivity index (χ0) is 9.80. The largest absolute Gasteiger partial charge is 0.384 e. The molecule has 72 valence electrons. The molecule has 0 saturated heterocycles. The van der Waals surface area contributed by atoms with Crippen molar-refractivity contribution in [2.75, 3.05) is 17.2 Å². The van der Waals surface area contributed by atoms with E-state index in [1.165, 1.54) is 11.3 Å². The average Bonchev–Trinajstić information content (AvgIpc) is 2.65. The van der Waals surface area contributed by atoms with E-state index in [-0.39, 0.29) is 0 Å². The number of halogens is 1. The molecule has 1 heterocycles. The van der Waals surface area contributed by atoms with Crippen LogP contribution in [-0.4, -0.2) is 11.9 Å². The first-order valence-electron chi connectivity index (χ1n) is 4.82. The summed E-state index contributed by atoms with van der Waals surface area (Å²) in [7, 11) is 0. The fraction of sp³-hybridized carbons (Fsp3) is 0.333. The Morgan fingerprint density at radius 3 is 3.21 bits per heavy atom. The normalized spacial score (nSPS) is 12.6. The summed E-state index contributed by atoms with van der Waals surface area (Å²) < 4.78 is 0. The quantitative estimate of drug-likeness (QED) is 0.597. The van der Waals surface area contributed by atoms with Crippen molar-refractivity contribution in [3.8, 4) is 11.8 Å². The highest BCUT2D eigenvalue weighted by atomic mass is 79.9. The Balaban J connectivity index is 2.18. The standard InChI is InChI=1S/C12H12BrN/c13-7-2-1-3-10-4-5-12-11(9-10)6-8-14-12/h4-5,9,14H,2,6-8H2. The summed E-state index contributed by atoms with van der Waals surface area (Å²) in [5, 5.41) is 4.29. The summed E-state index contributed by atoms with van der Waals surface area (Å²) in [6.45, 7) is 1.06. The fourth-order valence-electron chi connectivity index (χ4n) is 1.59. The molecule has 2 heteroatoms. The maximum Gasteiger partial charge on any atom is 0.0374 e. The smallest absolute Gasteiger partial charge is 0.0374 e. The molecule has 1 aliphatic heterocycles. The van der Waals surface area contributed by atoms with Gasteiger partial charge in [-0.15, -0.1) is 0 Å². The average molecular weight is 250 g/mol. The second kappa shape index (κ2) is 4.52. The van der Waals surface area contributed by atoms with Gasteiger partial charge in [-0.2, -0.15) is 0 Å². The van der Waals surface area contributed by atoms with E-state index < -0.39 is 0 Å². The van der Waals surface area contributed by atoms with Crippen molar-refractivity contribution in [1.29, 1.82) is 0 Å². The van der Waals surface area contributed by atoms with E-state index in [0.29, 0.717) is 0 Å². The Morgan fingerprint density at radius 2 is 2.36 bits per heavy atom. The highest BCUT2D eigenvalue weighted by Crippen LogP contribution is 2.22. The molecule has 0 bridgehead atoms. The van der Waals surface area contributed by atoms with Gasteiger partial charge in [-0.05, 0) is 30.2 Å². The second-order valence-electron chi connectivity index (χ2n) is 3.29. The van der Waals surface area contributed by atoms with Crippen LogP contribution in [0, 0.1) is 11.8 Å². The molecule has 0 spiro atoms. The molecule has 1 N–H and O–H groups in total. The van der Waals surface area contributed by atoms with Crippen LogP contribution in [0.25, 0.3) is 0 Å². The van der Waals surface area contributed by atoms with Gasteiger partial charge in [0.2, 0.25) is 0 Å². The molecule has 14 heavy (non-hydrogen) atoms. The molecule has 0 fully saturated rings. The maximum absolute atomic E-state index is 3.36. The van der Waals surface area contributed by atoms with E-state index in [0.717, 1.165) is 30.3 Å². The number of hydrogen-bond acceptors (Lipinski definition) is 1. The zero-order valence-corrected chi connectivity index (χ0v) is 9.52. The summed E-state index contributed by atoms with van der Waals surface area (Å²) in [4.78, 5) is 0. The Morgan fingerprint density at radius 1 is 1.43 bits per heavy atom. The molecule has 0 atom stereocenters. The van der Waals surface area contributed by atoms with Gasteiger partial charge in [0.1, 0.15) is 0 Å². The van der Waals surface area contributed by atoms with Gasteiger partial charge in [0.15, 0.2) is 0 Å². The predicted octanol–water partition coefficient (Wildman–Crippen LogP) is 2.79. The third-order valence-corrected chi connectivity index (χ3v) is 2.66. The first kappa shape index (κ1) is 9.61. The van der Waals surface area contributed by atoms with Gasteiger partial charge in [0.25, 0.3) is 0 Å². The van der Waals surface area contributed by atoms with Crippen molar-refractivity contribution in [2.45, 2.75) is 12.8 Å². The molecule has 1 aliphatic rings. The number of nitrogens with one attached hydrogen (secondary N) is 1. The van der Waals surface area contributed by atoms with Crippen molar-refractivity contribution in [3.63, 3.8) is 0 Å². The van der Waals surface area contributed by atoms with Gasteiger partial charge < -0.3 is 5.32 Å². The Labute approximate surface area is 93.0 Å².